The molecule has 1 N–H and O–H groups in total. The SMILES string of the molecule is CC(C)(C)c1cccc(O)c1N=Cc1ccc(-c2cncnc2)cc1. The maximum Gasteiger partial charge on any atom is 0.141 e. The summed E-state index contributed by atoms with van der Waals surface area (Å²) in [6.45, 7) is 6.33. The average molecular weight is 331 g/mol. The molecule has 1 heterocycles. The Kier molecular flexibility index (Phi) is 4.61. The molecule has 0 aliphatic rings. The maximum absolute atomic E-state index is 10.2. The van der Waals surface area contributed by atoms with E-state index in [1.54, 1.807) is 24.7 Å². The third-order valence-electron chi connectivity index (χ3n) is 3.97. The molecule has 0 amide bonds. The number of nitrogens with zero attached hydrogens (tertiary/aromatic N) is 3. The molecule has 0 spiro atoms. The second-order valence-corrected chi connectivity index (χ2v) is 6.93. The lowest BCUT2D eigenvalue weighted by Crippen LogP contribution is -2.11. The monoisotopic (exact) mass is 331 g/mol. The van der Waals surface area contributed by atoms with E-state index in [4.69, 9.17) is 0 Å². The first-order valence-corrected chi connectivity index (χ1v) is 8.17. The molecule has 0 bridgehead atoms. The Morgan fingerprint density at radius 2 is 1.60 bits per heavy atom. The van der Waals surface area contributed by atoms with Gasteiger partial charge in [0.05, 0.1) is 0 Å². The second-order valence-electron chi connectivity index (χ2n) is 6.93. The Bertz CT molecular complexity index is 879. The summed E-state index contributed by atoms with van der Waals surface area (Å²) in [5.41, 5.74) is 4.53. The minimum absolute atomic E-state index is 0.0947. The molecule has 4 heteroatoms. The summed E-state index contributed by atoms with van der Waals surface area (Å²) in [4.78, 5) is 12.6. The van der Waals surface area contributed by atoms with Crippen LogP contribution < -0.4 is 0 Å². The third-order valence-corrected chi connectivity index (χ3v) is 3.97. The topological polar surface area (TPSA) is 58.4 Å². The number of aromatic hydroxyl groups is 1. The number of benzene rings is 2. The molecule has 0 unspecified atom stereocenters. The zero-order valence-electron chi connectivity index (χ0n) is 14.6. The van der Waals surface area contributed by atoms with Crippen LogP contribution in [0.1, 0.15) is 31.9 Å². The van der Waals surface area contributed by atoms with Gasteiger partial charge in [-0.25, -0.2) is 9.97 Å². The van der Waals surface area contributed by atoms with Gasteiger partial charge in [-0.3, -0.25) is 4.99 Å². The van der Waals surface area contributed by atoms with Gasteiger partial charge in [-0.15, -0.1) is 0 Å². The molecule has 126 valence electrons. The van der Waals surface area contributed by atoms with E-state index in [-0.39, 0.29) is 11.2 Å². The highest BCUT2D eigenvalue weighted by molar-refractivity contribution is 5.84. The Morgan fingerprint density at radius 3 is 2.24 bits per heavy atom. The summed E-state index contributed by atoms with van der Waals surface area (Å²) in [6.07, 6.45) is 6.86. The minimum atomic E-state index is -0.0947. The van der Waals surface area contributed by atoms with E-state index >= 15 is 0 Å². The number of para-hydroxylation sites is 1. The zero-order valence-corrected chi connectivity index (χ0v) is 14.6. The molecule has 1 aromatic heterocycles. The van der Waals surface area contributed by atoms with E-state index in [9.17, 15) is 5.11 Å². The van der Waals surface area contributed by atoms with Crippen molar-refractivity contribution >= 4 is 11.9 Å². The fourth-order valence-corrected chi connectivity index (χ4v) is 2.62. The first-order valence-electron chi connectivity index (χ1n) is 8.17. The first kappa shape index (κ1) is 16.8. The third kappa shape index (κ3) is 3.91. The number of hydrogen-bond donors (Lipinski definition) is 1. The van der Waals surface area contributed by atoms with Gasteiger partial charge in [0, 0.05) is 24.2 Å². The summed E-state index contributed by atoms with van der Waals surface area (Å²) in [6, 6.07) is 13.5. The van der Waals surface area contributed by atoms with E-state index in [0.29, 0.717) is 5.69 Å². The molecular weight excluding hydrogens is 310 g/mol. The van der Waals surface area contributed by atoms with Crippen molar-refractivity contribution in [3.8, 4) is 16.9 Å². The highest BCUT2D eigenvalue weighted by Crippen LogP contribution is 2.37. The molecule has 3 rings (SSSR count). The van der Waals surface area contributed by atoms with Crippen molar-refractivity contribution in [3.63, 3.8) is 0 Å². The van der Waals surface area contributed by atoms with Crippen LogP contribution in [-0.2, 0) is 5.41 Å². The molecule has 4 nitrogen and oxygen atoms in total. The predicted molar refractivity (Wildman–Crippen MR) is 102 cm³/mol. The van der Waals surface area contributed by atoms with Crippen molar-refractivity contribution in [3.05, 3.63) is 72.3 Å². The van der Waals surface area contributed by atoms with Crippen LogP contribution in [0.5, 0.6) is 5.75 Å². The van der Waals surface area contributed by atoms with E-state index < -0.39 is 0 Å². The van der Waals surface area contributed by atoms with Crippen molar-refractivity contribution in [1.29, 1.82) is 0 Å². The normalized spacial score (nSPS) is 11.8. The van der Waals surface area contributed by atoms with E-state index in [1.807, 2.05) is 36.4 Å². The number of aliphatic imine (C=N–C) groups is 1. The van der Waals surface area contributed by atoms with Crippen LogP contribution in [0.4, 0.5) is 5.69 Å². The number of aromatic nitrogens is 2. The molecule has 0 saturated heterocycles. The number of rotatable bonds is 3. The van der Waals surface area contributed by atoms with Crippen molar-refractivity contribution < 1.29 is 5.11 Å². The standard InChI is InChI=1S/C21H21N3O/c1-21(2,3)18-5-4-6-19(25)20(18)24-11-15-7-9-16(10-8-15)17-12-22-14-23-13-17/h4-14,25H,1-3H3. The van der Waals surface area contributed by atoms with Crippen LogP contribution >= 0.6 is 0 Å². The van der Waals surface area contributed by atoms with Gasteiger partial charge in [0.2, 0.25) is 0 Å². The van der Waals surface area contributed by atoms with Crippen molar-refractivity contribution in [2.45, 2.75) is 26.2 Å². The van der Waals surface area contributed by atoms with Gasteiger partial charge in [-0.2, -0.15) is 0 Å². The van der Waals surface area contributed by atoms with Gasteiger partial charge in [-0.1, -0.05) is 57.2 Å². The van der Waals surface area contributed by atoms with Gasteiger partial charge in [0.1, 0.15) is 17.8 Å². The largest absolute Gasteiger partial charge is 0.506 e. The number of phenolic OH excluding ortho intramolecular Hbond substituents is 1. The predicted octanol–water partition coefficient (Wildman–Crippen LogP) is 4.90. The van der Waals surface area contributed by atoms with E-state index in [0.717, 1.165) is 22.3 Å². The van der Waals surface area contributed by atoms with Gasteiger partial charge >= 0.3 is 0 Å². The highest BCUT2D eigenvalue weighted by Gasteiger charge is 2.19. The molecule has 2 aromatic carbocycles. The number of hydrogen-bond acceptors (Lipinski definition) is 4. The summed E-state index contributed by atoms with van der Waals surface area (Å²) >= 11 is 0. The molecule has 0 aliphatic heterocycles. The zero-order chi connectivity index (χ0) is 17.9. The van der Waals surface area contributed by atoms with Crippen LogP contribution in [-0.4, -0.2) is 21.3 Å². The fraction of sp³-hybridized carbons (Fsp3) is 0.190. The van der Waals surface area contributed by atoms with Gasteiger partial charge in [0.15, 0.2) is 0 Å². The van der Waals surface area contributed by atoms with Crippen molar-refractivity contribution in [2.24, 2.45) is 4.99 Å². The Hall–Kier alpha value is -3.01. The fourth-order valence-electron chi connectivity index (χ4n) is 2.62. The Balaban J connectivity index is 1.89. The van der Waals surface area contributed by atoms with Gasteiger partial charge in [-0.05, 0) is 28.2 Å². The molecule has 0 aliphatic carbocycles. The molecule has 0 fully saturated rings. The molecular formula is C21H21N3O. The highest BCUT2D eigenvalue weighted by atomic mass is 16.3. The summed E-state index contributed by atoms with van der Waals surface area (Å²) < 4.78 is 0. The summed E-state index contributed by atoms with van der Waals surface area (Å²) in [5, 5.41) is 10.2. The smallest absolute Gasteiger partial charge is 0.141 e. The van der Waals surface area contributed by atoms with Gasteiger partial charge < -0.3 is 5.11 Å². The van der Waals surface area contributed by atoms with Crippen molar-refractivity contribution in [1.82, 2.24) is 9.97 Å². The quantitative estimate of drug-likeness (QED) is 0.695. The first-order chi connectivity index (χ1) is 11.9. The second kappa shape index (κ2) is 6.85. The lowest BCUT2D eigenvalue weighted by atomic mass is 9.85. The van der Waals surface area contributed by atoms with Gasteiger partial charge in [0.25, 0.3) is 0 Å². The van der Waals surface area contributed by atoms with E-state index in [1.165, 1.54) is 6.33 Å². The van der Waals surface area contributed by atoms with Crippen LogP contribution in [0.3, 0.4) is 0 Å². The maximum atomic E-state index is 10.2. The van der Waals surface area contributed by atoms with Crippen LogP contribution in [0.2, 0.25) is 0 Å². The molecule has 0 saturated carbocycles. The number of phenols is 1. The molecule has 0 radical (unpaired) electrons. The summed E-state index contributed by atoms with van der Waals surface area (Å²) in [7, 11) is 0. The van der Waals surface area contributed by atoms with Crippen LogP contribution in [0.15, 0.2) is 66.2 Å². The average Bonchev–Trinajstić information content (AvgIpc) is 2.61. The van der Waals surface area contributed by atoms with Crippen LogP contribution in [0.25, 0.3) is 11.1 Å². The summed E-state index contributed by atoms with van der Waals surface area (Å²) in [5.74, 6) is 0.196. The van der Waals surface area contributed by atoms with E-state index in [2.05, 4.69) is 35.7 Å². The molecule has 0 atom stereocenters. The Labute approximate surface area is 147 Å². The van der Waals surface area contributed by atoms with Crippen molar-refractivity contribution in [2.75, 3.05) is 0 Å². The lowest BCUT2D eigenvalue weighted by Gasteiger charge is -2.21. The van der Waals surface area contributed by atoms with Crippen LogP contribution in [0, 0.1) is 0 Å². The minimum Gasteiger partial charge on any atom is -0.506 e. The molecule has 3 aromatic rings. The molecule has 25 heavy (non-hydrogen) atoms. The lowest BCUT2D eigenvalue weighted by molar-refractivity contribution is 0.473. The Morgan fingerprint density at radius 1 is 0.920 bits per heavy atom.